The number of methoxy groups -OCH3 is 1. The molecule has 0 aliphatic carbocycles. The van der Waals surface area contributed by atoms with Crippen LogP contribution >= 0.6 is 0 Å². The van der Waals surface area contributed by atoms with Crippen molar-refractivity contribution in [2.45, 2.75) is 26.3 Å². The largest absolute Gasteiger partial charge is 0.496 e. The van der Waals surface area contributed by atoms with E-state index in [4.69, 9.17) is 4.74 Å². The number of benzene rings is 2. The molecule has 142 valence electrons. The number of hydrogen-bond acceptors (Lipinski definition) is 3. The van der Waals surface area contributed by atoms with Crippen LogP contribution in [0.5, 0.6) is 5.75 Å². The van der Waals surface area contributed by atoms with E-state index in [2.05, 4.69) is 71.1 Å². The summed E-state index contributed by atoms with van der Waals surface area (Å²) in [6, 6.07) is 15.3. The predicted octanol–water partition coefficient (Wildman–Crippen LogP) is 4.62. The second-order valence-corrected chi connectivity index (χ2v) is 7.71. The van der Waals surface area contributed by atoms with Crippen LogP contribution in [0.2, 0.25) is 0 Å². The molecular weight excluding hydrogens is 334 g/mol. The van der Waals surface area contributed by atoms with Gasteiger partial charge in [0.25, 0.3) is 0 Å². The van der Waals surface area contributed by atoms with E-state index in [-0.39, 0.29) is 0 Å². The van der Waals surface area contributed by atoms with E-state index in [0.717, 1.165) is 38.5 Å². The van der Waals surface area contributed by atoms with Crippen LogP contribution in [0.4, 0.5) is 5.69 Å². The summed E-state index contributed by atoms with van der Waals surface area (Å²) < 4.78 is 5.61. The molecule has 0 saturated carbocycles. The average Bonchev–Trinajstić information content (AvgIpc) is 3.17. The summed E-state index contributed by atoms with van der Waals surface area (Å²) in [6.07, 6.45) is 2.03. The normalized spacial score (nSPS) is 15.6. The summed E-state index contributed by atoms with van der Waals surface area (Å²) in [5.41, 5.74) is 5.23. The summed E-state index contributed by atoms with van der Waals surface area (Å²) in [6.45, 7) is 9.67. The van der Waals surface area contributed by atoms with Gasteiger partial charge in [0.15, 0.2) is 0 Å². The van der Waals surface area contributed by atoms with Gasteiger partial charge in [0.2, 0.25) is 0 Å². The molecule has 2 aromatic carbocycles. The van der Waals surface area contributed by atoms with Crippen LogP contribution in [0.3, 0.4) is 0 Å². The number of anilines is 1. The van der Waals surface area contributed by atoms with Crippen molar-refractivity contribution in [1.82, 2.24) is 9.88 Å². The first kappa shape index (κ1) is 17.9. The molecule has 4 rings (SSSR count). The molecule has 0 unspecified atom stereocenters. The van der Waals surface area contributed by atoms with Crippen molar-refractivity contribution in [3.63, 3.8) is 0 Å². The van der Waals surface area contributed by atoms with Crippen LogP contribution in [0.15, 0.2) is 48.7 Å². The van der Waals surface area contributed by atoms with Crippen LogP contribution in [-0.2, 0) is 6.54 Å². The Hall–Kier alpha value is -2.46. The van der Waals surface area contributed by atoms with Crippen molar-refractivity contribution >= 4 is 16.6 Å². The molecule has 1 fully saturated rings. The molecule has 4 nitrogen and oxygen atoms in total. The number of rotatable bonds is 5. The van der Waals surface area contributed by atoms with E-state index >= 15 is 0 Å². The van der Waals surface area contributed by atoms with Crippen LogP contribution in [0.25, 0.3) is 10.9 Å². The number of piperazine rings is 1. The third-order valence-electron chi connectivity index (χ3n) is 5.65. The minimum atomic E-state index is 0.536. The average molecular weight is 364 g/mol. The highest BCUT2D eigenvalue weighted by Crippen LogP contribution is 2.29. The number of ether oxygens (including phenoxy) is 1. The zero-order valence-corrected chi connectivity index (χ0v) is 16.5. The second-order valence-electron chi connectivity index (χ2n) is 7.71. The molecule has 1 saturated heterocycles. The monoisotopic (exact) mass is 363 g/mol. The fourth-order valence-corrected chi connectivity index (χ4v) is 4.01. The smallest absolute Gasteiger partial charge is 0.123 e. The molecule has 0 atom stereocenters. The lowest BCUT2D eigenvalue weighted by Gasteiger charge is -2.36. The van der Waals surface area contributed by atoms with E-state index in [9.17, 15) is 0 Å². The van der Waals surface area contributed by atoms with Crippen LogP contribution in [-0.4, -0.2) is 43.2 Å². The quantitative estimate of drug-likeness (QED) is 0.718. The van der Waals surface area contributed by atoms with E-state index in [1.165, 1.54) is 27.7 Å². The molecule has 0 radical (unpaired) electrons. The zero-order valence-electron chi connectivity index (χ0n) is 16.5. The molecule has 3 aromatic rings. The Morgan fingerprint density at radius 3 is 2.59 bits per heavy atom. The summed E-state index contributed by atoms with van der Waals surface area (Å²) in [5, 5.41) is 1.32. The maximum Gasteiger partial charge on any atom is 0.123 e. The van der Waals surface area contributed by atoms with Crippen LogP contribution in [0.1, 0.15) is 30.9 Å². The summed E-state index contributed by atoms with van der Waals surface area (Å²) >= 11 is 0. The lowest BCUT2D eigenvalue weighted by atomic mass is 10.00. The van der Waals surface area contributed by atoms with Crippen molar-refractivity contribution in [1.29, 1.82) is 0 Å². The lowest BCUT2D eigenvalue weighted by molar-refractivity contribution is 0.246. The van der Waals surface area contributed by atoms with Gasteiger partial charge < -0.3 is 14.6 Å². The summed E-state index contributed by atoms with van der Waals surface area (Å²) in [7, 11) is 1.77. The van der Waals surface area contributed by atoms with Gasteiger partial charge in [-0.05, 0) is 35.7 Å². The van der Waals surface area contributed by atoms with E-state index in [1.54, 1.807) is 7.11 Å². The van der Waals surface area contributed by atoms with Gasteiger partial charge in [0.05, 0.1) is 7.11 Å². The van der Waals surface area contributed by atoms with Gasteiger partial charge in [-0.3, -0.25) is 4.90 Å². The van der Waals surface area contributed by atoms with Crippen molar-refractivity contribution in [2.75, 3.05) is 38.2 Å². The fourth-order valence-electron chi connectivity index (χ4n) is 4.01. The minimum Gasteiger partial charge on any atom is -0.496 e. The maximum atomic E-state index is 5.61. The molecule has 1 N–H and O–H groups in total. The third-order valence-corrected chi connectivity index (χ3v) is 5.65. The fraction of sp³-hybridized carbons (Fsp3) is 0.391. The van der Waals surface area contributed by atoms with E-state index < -0.39 is 0 Å². The van der Waals surface area contributed by atoms with Crippen LogP contribution < -0.4 is 9.64 Å². The predicted molar refractivity (Wildman–Crippen MR) is 113 cm³/mol. The van der Waals surface area contributed by atoms with Crippen molar-refractivity contribution in [3.8, 4) is 5.75 Å². The van der Waals surface area contributed by atoms with Gasteiger partial charge in [-0.2, -0.15) is 0 Å². The summed E-state index contributed by atoms with van der Waals surface area (Å²) in [4.78, 5) is 8.36. The first-order valence-electron chi connectivity index (χ1n) is 9.86. The first-order valence-corrected chi connectivity index (χ1v) is 9.86. The van der Waals surface area contributed by atoms with Crippen molar-refractivity contribution in [3.05, 3.63) is 59.8 Å². The third kappa shape index (κ3) is 3.67. The number of nitrogens with zero attached hydrogens (tertiary/aromatic N) is 2. The molecule has 2 heterocycles. The number of aromatic amines is 1. The van der Waals surface area contributed by atoms with Gasteiger partial charge in [0, 0.05) is 61.1 Å². The van der Waals surface area contributed by atoms with Crippen molar-refractivity contribution < 1.29 is 4.74 Å². The SMILES string of the molecule is COc1ccc(C(C)C)cc1CN1CCN(c2cccc3[nH]ccc23)CC1. The number of nitrogens with one attached hydrogen (secondary N) is 1. The zero-order chi connectivity index (χ0) is 18.8. The number of aromatic nitrogens is 1. The van der Waals surface area contributed by atoms with Gasteiger partial charge in [-0.1, -0.05) is 32.0 Å². The highest BCUT2D eigenvalue weighted by molar-refractivity contribution is 5.92. The minimum absolute atomic E-state index is 0.536. The number of hydrogen-bond donors (Lipinski definition) is 1. The molecular formula is C23H29N3O. The maximum absolute atomic E-state index is 5.61. The Morgan fingerprint density at radius 1 is 1.04 bits per heavy atom. The van der Waals surface area contributed by atoms with Crippen LogP contribution in [0, 0.1) is 0 Å². The van der Waals surface area contributed by atoms with Crippen molar-refractivity contribution in [2.24, 2.45) is 0 Å². The Morgan fingerprint density at radius 2 is 1.85 bits per heavy atom. The molecule has 0 amide bonds. The summed E-state index contributed by atoms with van der Waals surface area (Å²) in [5.74, 6) is 1.53. The second kappa shape index (κ2) is 7.65. The van der Waals surface area contributed by atoms with E-state index in [0.29, 0.717) is 5.92 Å². The molecule has 27 heavy (non-hydrogen) atoms. The molecule has 1 aromatic heterocycles. The van der Waals surface area contributed by atoms with Gasteiger partial charge >= 0.3 is 0 Å². The molecule has 4 heteroatoms. The number of H-pyrrole nitrogens is 1. The molecule has 0 bridgehead atoms. The Kier molecular flexibility index (Phi) is 5.08. The molecule has 0 spiro atoms. The standard InChI is InChI=1S/C23H29N3O/c1-17(2)18-7-8-23(27-3)19(15-18)16-25-11-13-26(14-12-25)22-6-4-5-21-20(22)9-10-24-21/h4-10,15,17,24H,11-14,16H2,1-3H3. The van der Waals surface area contributed by atoms with E-state index in [1.807, 2.05) is 6.20 Å². The van der Waals surface area contributed by atoms with Gasteiger partial charge in [-0.15, -0.1) is 0 Å². The van der Waals surface area contributed by atoms with Gasteiger partial charge in [0.1, 0.15) is 5.75 Å². The lowest BCUT2D eigenvalue weighted by Crippen LogP contribution is -2.46. The Balaban J connectivity index is 1.46. The first-order chi connectivity index (χ1) is 13.2. The number of fused-ring (bicyclic) bond motifs is 1. The molecule has 1 aliphatic rings. The topological polar surface area (TPSA) is 31.5 Å². The Labute approximate surface area is 161 Å². The Bertz CT molecular complexity index is 907. The van der Waals surface area contributed by atoms with Gasteiger partial charge in [-0.25, -0.2) is 0 Å². The highest BCUT2D eigenvalue weighted by atomic mass is 16.5. The highest BCUT2D eigenvalue weighted by Gasteiger charge is 2.20. The molecule has 1 aliphatic heterocycles.